The first kappa shape index (κ1) is 25.1. The van der Waals surface area contributed by atoms with Crippen molar-refractivity contribution >= 4 is 17.8 Å². The third-order valence-electron chi connectivity index (χ3n) is 5.97. The summed E-state index contributed by atoms with van der Waals surface area (Å²) in [6.07, 6.45) is 1.88. The number of esters is 1. The van der Waals surface area contributed by atoms with Gasteiger partial charge >= 0.3 is 5.97 Å². The van der Waals surface area contributed by atoms with E-state index in [1.165, 1.54) is 11.0 Å². The quantitative estimate of drug-likeness (QED) is 0.429. The minimum absolute atomic E-state index is 0.0374. The molecule has 1 N–H and O–H groups in total. The van der Waals surface area contributed by atoms with E-state index in [4.69, 9.17) is 4.74 Å². The average molecular weight is 467 g/mol. The van der Waals surface area contributed by atoms with E-state index in [0.29, 0.717) is 28.9 Å². The number of unbranched alkanes of at least 4 members (excludes halogenated alkanes) is 1. The minimum Gasteiger partial charge on any atom is -0.463 e. The van der Waals surface area contributed by atoms with Crippen LogP contribution in [-0.4, -0.2) is 35.8 Å². The summed E-state index contributed by atoms with van der Waals surface area (Å²) >= 11 is 0. The van der Waals surface area contributed by atoms with Crippen molar-refractivity contribution in [3.63, 3.8) is 0 Å². The molecule has 7 heteroatoms. The molecule has 0 saturated heterocycles. The minimum atomic E-state index is -0.710. The Morgan fingerprint density at radius 2 is 1.82 bits per heavy atom. The summed E-state index contributed by atoms with van der Waals surface area (Å²) in [6, 6.07) is 13.2. The Morgan fingerprint density at radius 3 is 2.47 bits per heavy atom. The van der Waals surface area contributed by atoms with E-state index in [2.05, 4.69) is 12.2 Å². The molecular formula is C27H31FN2O4. The zero-order valence-electron chi connectivity index (χ0n) is 19.9. The van der Waals surface area contributed by atoms with Crippen molar-refractivity contribution in [3.8, 4) is 0 Å². The van der Waals surface area contributed by atoms with E-state index in [0.717, 1.165) is 18.4 Å². The topological polar surface area (TPSA) is 75.7 Å². The maximum Gasteiger partial charge on any atom is 0.336 e. The lowest BCUT2D eigenvalue weighted by atomic mass is 9.83. The van der Waals surface area contributed by atoms with Gasteiger partial charge in [-0.05, 0) is 49.6 Å². The molecule has 180 valence electrons. The van der Waals surface area contributed by atoms with Crippen molar-refractivity contribution in [2.24, 2.45) is 0 Å². The number of hydrogen-bond acceptors (Lipinski definition) is 4. The summed E-state index contributed by atoms with van der Waals surface area (Å²) in [7, 11) is 0. The van der Waals surface area contributed by atoms with E-state index in [1.807, 2.05) is 0 Å². The monoisotopic (exact) mass is 466 g/mol. The van der Waals surface area contributed by atoms with E-state index >= 15 is 0 Å². The average Bonchev–Trinajstić information content (AvgIpc) is 2.82. The van der Waals surface area contributed by atoms with Crippen molar-refractivity contribution in [1.82, 2.24) is 10.2 Å². The van der Waals surface area contributed by atoms with Gasteiger partial charge in [-0.3, -0.25) is 9.59 Å². The lowest BCUT2D eigenvalue weighted by Crippen LogP contribution is -2.38. The fourth-order valence-corrected chi connectivity index (χ4v) is 4.13. The van der Waals surface area contributed by atoms with Crippen molar-refractivity contribution < 1.29 is 23.5 Å². The van der Waals surface area contributed by atoms with Crippen LogP contribution in [0.15, 0.2) is 59.8 Å². The van der Waals surface area contributed by atoms with Crippen LogP contribution in [0, 0.1) is 5.82 Å². The van der Waals surface area contributed by atoms with Crippen LogP contribution in [0.2, 0.25) is 0 Å². The van der Waals surface area contributed by atoms with E-state index in [9.17, 15) is 18.8 Å². The summed E-state index contributed by atoms with van der Waals surface area (Å²) in [5, 5.41) is 2.88. The van der Waals surface area contributed by atoms with Crippen LogP contribution >= 0.6 is 0 Å². The van der Waals surface area contributed by atoms with Crippen LogP contribution in [0.3, 0.4) is 0 Å². The second-order valence-corrected chi connectivity index (χ2v) is 8.28. The molecule has 0 radical (unpaired) electrons. The number of carbonyl (C=O) groups excluding carboxylic acids is 3. The maximum atomic E-state index is 14.6. The van der Waals surface area contributed by atoms with Gasteiger partial charge in [-0.25, -0.2) is 9.18 Å². The largest absolute Gasteiger partial charge is 0.463 e. The van der Waals surface area contributed by atoms with Crippen LogP contribution < -0.4 is 5.32 Å². The zero-order valence-corrected chi connectivity index (χ0v) is 19.9. The molecule has 0 aromatic heterocycles. The number of amides is 2. The first-order valence-corrected chi connectivity index (χ1v) is 11.7. The Bertz CT molecular complexity index is 1080. The van der Waals surface area contributed by atoms with Gasteiger partial charge < -0.3 is 15.0 Å². The number of nitrogens with one attached hydrogen (secondary N) is 1. The predicted octanol–water partition coefficient (Wildman–Crippen LogP) is 4.71. The first-order chi connectivity index (χ1) is 16.4. The van der Waals surface area contributed by atoms with Gasteiger partial charge in [0.2, 0.25) is 5.91 Å². The molecule has 1 aliphatic heterocycles. The van der Waals surface area contributed by atoms with Crippen molar-refractivity contribution in [2.45, 2.75) is 52.5 Å². The molecule has 2 aromatic rings. The Hall–Kier alpha value is -3.48. The van der Waals surface area contributed by atoms with Gasteiger partial charge in [0, 0.05) is 30.1 Å². The molecule has 0 unspecified atom stereocenters. The van der Waals surface area contributed by atoms with Gasteiger partial charge in [0.1, 0.15) is 5.82 Å². The molecule has 0 bridgehead atoms. The molecule has 2 amide bonds. The predicted molar refractivity (Wildman–Crippen MR) is 127 cm³/mol. The van der Waals surface area contributed by atoms with Gasteiger partial charge in [-0.2, -0.15) is 0 Å². The molecule has 0 spiro atoms. The maximum absolute atomic E-state index is 14.6. The standard InChI is InChI=1S/C27H31FN2O4/c1-4-6-15-29-26(32)20-13-11-19(12-14-20)17-30-18(3)25(27(33)34-5-2)22(16-24(30)31)21-9-7-8-10-23(21)28/h7-14,22H,4-6,15-17H2,1-3H3,(H,29,32)/t22-/m1/s1. The number of rotatable bonds is 9. The van der Waals surface area contributed by atoms with E-state index in [-0.39, 0.29) is 31.4 Å². The number of carbonyl (C=O) groups is 3. The third kappa shape index (κ3) is 5.71. The van der Waals surface area contributed by atoms with Gasteiger partial charge in [0.25, 0.3) is 5.91 Å². The molecule has 3 rings (SSSR count). The van der Waals surface area contributed by atoms with E-state index < -0.39 is 17.7 Å². The summed E-state index contributed by atoms with van der Waals surface area (Å²) in [5.41, 5.74) is 2.40. The lowest BCUT2D eigenvalue weighted by Gasteiger charge is -2.34. The first-order valence-electron chi connectivity index (χ1n) is 11.7. The number of nitrogens with zero attached hydrogens (tertiary/aromatic N) is 1. The van der Waals surface area contributed by atoms with Crippen LogP contribution in [0.25, 0.3) is 0 Å². The molecule has 1 heterocycles. The fourth-order valence-electron chi connectivity index (χ4n) is 4.13. The summed E-state index contributed by atoms with van der Waals surface area (Å²) < 4.78 is 19.8. The van der Waals surface area contributed by atoms with Gasteiger partial charge in [-0.1, -0.05) is 43.7 Å². The normalized spacial score (nSPS) is 15.9. The van der Waals surface area contributed by atoms with Crippen molar-refractivity contribution in [3.05, 3.63) is 82.3 Å². The number of allylic oxidation sites excluding steroid dienone is 1. The Kier molecular flexibility index (Phi) is 8.57. The number of ether oxygens (including phenoxy) is 1. The van der Waals surface area contributed by atoms with Crippen molar-refractivity contribution in [2.75, 3.05) is 13.2 Å². The van der Waals surface area contributed by atoms with Crippen LogP contribution in [0.4, 0.5) is 4.39 Å². The van der Waals surface area contributed by atoms with Crippen LogP contribution in [-0.2, 0) is 20.9 Å². The SMILES string of the molecule is CCCCNC(=O)c1ccc(CN2C(=O)C[C@H](c3ccccc3F)C(C(=O)OCC)=C2C)cc1. The van der Waals surface area contributed by atoms with Gasteiger partial charge in [0.15, 0.2) is 0 Å². The Morgan fingerprint density at radius 1 is 1.12 bits per heavy atom. The molecule has 0 fully saturated rings. The van der Waals surface area contributed by atoms with Gasteiger partial charge in [0.05, 0.1) is 18.7 Å². The molecule has 1 aliphatic rings. The zero-order chi connectivity index (χ0) is 24.7. The third-order valence-corrected chi connectivity index (χ3v) is 5.97. The van der Waals surface area contributed by atoms with E-state index in [1.54, 1.807) is 56.3 Å². The molecule has 0 aliphatic carbocycles. The second kappa shape index (κ2) is 11.6. The highest BCUT2D eigenvalue weighted by atomic mass is 19.1. The molecule has 0 saturated carbocycles. The Labute approximate surface area is 199 Å². The summed E-state index contributed by atoms with van der Waals surface area (Å²) in [4.78, 5) is 39.7. The number of hydrogen-bond donors (Lipinski definition) is 1. The lowest BCUT2D eigenvalue weighted by molar-refractivity contribution is -0.140. The molecule has 1 atom stereocenters. The van der Waals surface area contributed by atoms with Crippen LogP contribution in [0.1, 0.15) is 67.4 Å². The second-order valence-electron chi connectivity index (χ2n) is 8.28. The number of halogens is 1. The highest BCUT2D eigenvalue weighted by molar-refractivity contribution is 5.96. The highest BCUT2D eigenvalue weighted by Gasteiger charge is 2.37. The fraction of sp³-hybridized carbons (Fsp3) is 0.370. The molecular weight excluding hydrogens is 435 g/mol. The molecule has 6 nitrogen and oxygen atoms in total. The van der Waals surface area contributed by atoms with Gasteiger partial charge in [-0.15, -0.1) is 0 Å². The highest BCUT2D eigenvalue weighted by Crippen LogP contribution is 2.38. The smallest absolute Gasteiger partial charge is 0.336 e. The number of benzene rings is 2. The van der Waals surface area contributed by atoms with Crippen molar-refractivity contribution in [1.29, 1.82) is 0 Å². The van der Waals surface area contributed by atoms with Crippen LogP contribution in [0.5, 0.6) is 0 Å². The molecule has 34 heavy (non-hydrogen) atoms. The molecule has 2 aromatic carbocycles. The Balaban J connectivity index is 1.87. The summed E-state index contributed by atoms with van der Waals surface area (Å²) in [5.74, 6) is -2.07. The summed E-state index contributed by atoms with van der Waals surface area (Å²) in [6.45, 7) is 6.49.